The Labute approximate surface area is 203 Å². The van der Waals surface area contributed by atoms with Gasteiger partial charge in [0, 0.05) is 34.2 Å². The minimum Gasteiger partial charge on any atom is -0.355 e. The average Bonchev–Trinajstić information content (AvgIpc) is 3.49. The van der Waals surface area contributed by atoms with E-state index in [9.17, 15) is 9.59 Å². The van der Waals surface area contributed by atoms with E-state index in [1.807, 2.05) is 30.3 Å². The molecule has 7 nitrogen and oxygen atoms in total. The van der Waals surface area contributed by atoms with Gasteiger partial charge in [0.25, 0.3) is 5.91 Å². The Morgan fingerprint density at radius 1 is 0.971 bits per heavy atom. The Hall–Kier alpha value is -3.19. The molecule has 34 heavy (non-hydrogen) atoms. The summed E-state index contributed by atoms with van der Waals surface area (Å²) in [4.78, 5) is 33.0. The van der Waals surface area contributed by atoms with Crippen molar-refractivity contribution < 1.29 is 11.0 Å². The summed E-state index contributed by atoms with van der Waals surface area (Å²) in [5.41, 5.74) is 2.89. The van der Waals surface area contributed by atoms with Gasteiger partial charge in [0.1, 0.15) is 5.82 Å². The predicted octanol–water partition coefficient (Wildman–Crippen LogP) is 3.84. The number of aromatic nitrogens is 2. The third kappa shape index (κ3) is 5.47. The van der Waals surface area contributed by atoms with E-state index in [1.165, 1.54) is 6.42 Å². The zero-order valence-corrected chi connectivity index (χ0v) is 20.2. The molecular weight excluding hydrogens is 426 g/mol. The highest BCUT2D eigenvalue weighted by Gasteiger charge is 2.34. The summed E-state index contributed by atoms with van der Waals surface area (Å²) in [6.45, 7) is 3.63. The number of carbonyl (C=O) groups is 2. The van der Waals surface area contributed by atoms with Crippen LogP contribution in [0.3, 0.4) is 0 Å². The first kappa shape index (κ1) is 24.0. The first-order valence-corrected chi connectivity index (χ1v) is 12.3. The number of hydrogen-bond donors (Lipinski definition) is 1. The van der Waals surface area contributed by atoms with Gasteiger partial charge >= 0.3 is 0 Å². The minimum absolute atomic E-state index is 0. The van der Waals surface area contributed by atoms with Crippen LogP contribution in [0, 0.1) is 0 Å². The van der Waals surface area contributed by atoms with Crippen molar-refractivity contribution in [3.63, 3.8) is 0 Å². The Morgan fingerprint density at radius 2 is 1.68 bits per heavy atom. The summed E-state index contributed by atoms with van der Waals surface area (Å²) in [6.07, 6.45) is 5.66. The number of para-hydroxylation sites is 2. The van der Waals surface area contributed by atoms with E-state index in [2.05, 4.69) is 38.9 Å². The van der Waals surface area contributed by atoms with Crippen molar-refractivity contribution in [2.75, 3.05) is 26.7 Å². The van der Waals surface area contributed by atoms with Crippen molar-refractivity contribution in [3.05, 3.63) is 66.0 Å². The standard InChI is InChI=1S/C19H26N4O.C8H9NO.H2/c1-21-16-9-4-3-8-15(16)20-18(21)14-23-13-7-10-17(23)19(24)22-11-5-2-6-12-22;1-9-8(10)7-5-3-2-4-6-7;/h3-4,8-9,17H,2,5-7,10-14H2,1H3;2-6H,1H3,(H,9,10);1H. The number of rotatable bonds is 4. The number of aryl methyl sites for hydroxylation is 1. The molecule has 2 aliphatic rings. The van der Waals surface area contributed by atoms with Gasteiger partial charge in [-0.05, 0) is 62.9 Å². The van der Waals surface area contributed by atoms with Crippen LogP contribution in [0.25, 0.3) is 11.0 Å². The number of hydrogen-bond acceptors (Lipinski definition) is 4. The predicted molar refractivity (Wildman–Crippen MR) is 137 cm³/mol. The topological polar surface area (TPSA) is 70.5 Å². The number of carbonyl (C=O) groups excluding carboxylic acids is 2. The fourth-order valence-corrected chi connectivity index (χ4v) is 4.87. The van der Waals surface area contributed by atoms with Gasteiger partial charge in [0.05, 0.1) is 23.6 Å². The maximum Gasteiger partial charge on any atom is 0.251 e. The van der Waals surface area contributed by atoms with Crippen LogP contribution >= 0.6 is 0 Å². The number of nitrogens with one attached hydrogen (secondary N) is 1. The molecule has 0 aliphatic carbocycles. The third-order valence-corrected chi connectivity index (χ3v) is 6.80. The molecule has 3 heterocycles. The molecule has 182 valence electrons. The first-order valence-electron chi connectivity index (χ1n) is 12.3. The van der Waals surface area contributed by atoms with Gasteiger partial charge < -0.3 is 14.8 Å². The third-order valence-electron chi connectivity index (χ3n) is 6.80. The SMILES string of the molecule is CNC(=O)c1ccccc1.Cn1c(CN2CCCC2C(=O)N2CCCCC2)nc2ccccc21.[HH]. The molecule has 0 spiro atoms. The maximum atomic E-state index is 12.9. The van der Waals surface area contributed by atoms with Crippen molar-refractivity contribution in [2.45, 2.75) is 44.7 Å². The van der Waals surface area contributed by atoms with Gasteiger partial charge in [-0.1, -0.05) is 30.3 Å². The van der Waals surface area contributed by atoms with Crippen LogP contribution in [-0.2, 0) is 18.4 Å². The van der Waals surface area contributed by atoms with Crippen molar-refractivity contribution in [1.82, 2.24) is 24.7 Å². The second-order valence-electron chi connectivity index (χ2n) is 9.04. The minimum atomic E-state index is -0.0411. The maximum absolute atomic E-state index is 12.9. The zero-order chi connectivity index (χ0) is 23.9. The fraction of sp³-hybridized carbons (Fsp3) is 0.444. The highest BCUT2D eigenvalue weighted by molar-refractivity contribution is 5.93. The van der Waals surface area contributed by atoms with E-state index >= 15 is 0 Å². The lowest BCUT2D eigenvalue weighted by molar-refractivity contribution is -0.137. The summed E-state index contributed by atoms with van der Waals surface area (Å²) in [5.74, 6) is 1.35. The van der Waals surface area contributed by atoms with Gasteiger partial charge in [-0.15, -0.1) is 0 Å². The molecule has 0 saturated carbocycles. The average molecular weight is 464 g/mol. The summed E-state index contributed by atoms with van der Waals surface area (Å²) >= 11 is 0. The molecule has 0 radical (unpaired) electrons. The molecule has 5 rings (SSSR count). The van der Waals surface area contributed by atoms with Gasteiger partial charge in [-0.2, -0.15) is 0 Å². The Kier molecular flexibility index (Phi) is 7.95. The Bertz CT molecular complexity index is 1110. The van der Waals surface area contributed by atoms with E-state index in [4.69, 9.17) is 4.98 Å². The number of piperidine rings is 1. The van der Waals surface area contributed by atoms with Crippen LogP contribution in [0.5, 0.6) is 0 Å². The van der Waals surface area contributed by atoms with Gasteiger partial charge in [0.15, 0.2) is 0 Å². The van der Waals surface area contributed by atoms with Crippen LogP contribution in [0.1, 0.15) is 49.7 Å². The van der Waals surface area contributed by atoms with Gasteiger partial charge in [-0.3, -0.25) is 14.5 Å². The van der Waals surface area contributed by atoms with E-state index < -0.39 is 0 Å². The number of fused-ring (bicyclic) bond motifs is 1. The molecular formula is C27H37N5O2. The number of nitrogens with zero attached hydrogens (tertiary/aromatic N) is 4. The fourth-order valence-electron chi connectivity index (χ4n) is 4.87. The molecule has 2 saturated heterocycles. The molecule has 2 amide bonds. The normalized spacial score (nSPS) is 18.4. The first-order chi connectivity index (χ1) is 16.6. The highest BCUT2D eigenvalue weighted by Crippen LogP contribution is 2.24. The smallest absolute Gasteiger partial charge is 0.251 e. The van der Waals surface area contributed by atoms with E-state index in [0.29, 0.717) is 11.5 Å². The molecule has 2 fully saturated rings. The second-order valence-corrected chi connectivity index (χ2v) is 9.04. The quantitative estimate of drug-likeness (QED) is 0.638. The highest BCUT2D eigenvalue weighted by atomic mass is 16.2. The van der Waals surface area contributed by atoms with Crippen LogP contribution in [-0.4, -0.2) is 63.9 Å². The van der Waals surface area contributed by atoms with Crippen LogP contribution in [0.15, 0.2) is 54.6 Å². The van der Waals surface area contributed by atoms with Crippen molar-refractivity contribution in [2.24, 2.45) is 7.05 Å². The van der Waals surface area contributed by atoms with E-state index in [1.54, 1.807) is 19.2 Å². The van der Waals surface area contributed by atoms with Crippen molar-refractivity contribution in [1.29, 1.82) is 0 Å². The molecule has 1 aromatic heterocycles. The van der Waals surface area contributed by atoms with Crippen molar-refractivity contribution >= 4 is 22.8 Å². The van der Waals surface area contributed by atoms with Crippen LogP contribution < -0.4 is 5.32 Å². The zero-order valence-electron chi connectivity index (χ0n) is 20.2. The monoisotopic (exact) mass is 463 g/mol. The lowest BCUT2D eigenvalue weighted by Crippen LogP contribution is -2.47. The number of imidazole rings is 1. The molecule has 7 heteroatoms. The van der Waals surface area contributed by atoms with E-state index in [0.717, 1.165) is 68.7 Å². The Balaban J connectivity index is 0.000000264. The number of amides is 2. The largest absolute Gasteiger partial charge is 0.355 e. The van der Waals surface area contributed by atoms with Crippen LogP contribution in [0.2, 0.25) is 0 Å². The summed E-state index contributed by atoms with van der Waals surface area (Å²) in [6, 6.07) is 17.4. The molecule has 2 aliphatic heterocycles. The van der Waals surface area contributed by atoms with Crippen LogP contribution in [0.4, 0.5) is 0 Å². The molecule has 0 bridgehead atoms. The molecule has 3 aromatic rings. The molecule has 2 aromatic carbocycles. The summed E-state index contributed by atoms with van der Waals surface area (Å²) in [7, 11) is 3.69. The molecule has 1 unspecified atom stereocenters. The summed E-state index contributed by atoms with van der Waals surface area (Å²) < 4.78 is 2.16. The second kappa shape index (κ2) is 11.3. The van der Waals surface area contributed by atoms with Gasteiger partial charge in [0.2, 0.25) is 5.91 Å². The Morgan fingerprint density at radius 3 is 2.38 bits per heavy atom. The number of likely N-dealkylation sites (tertiary alicyclic amines) is 2. The lowest BCUT2D eigenvalue weighted by Gasteiger charge is -2.32. The van der Waals surface area contributed by atoms with Crippen molar-refractivity contribution in [3.8, 4) is 0 Å². The number of benzene rings is 2. The van der Waals surface area contributed by atoms with E-state index in [-0.39, 0.29) is 13.4 Å². The molecule has 1 N–H and O–H groups in total. The van der Waals surface area contributed by atoms with Gasteiger partial charge in [-0.25, -0.2) is 4.98 Å². The summed E-state index contributed by atoms with van der Waals surface area (Å²) in [5, 5.41) is 2.54. The molecule has 1 atom stereocenters. The lowest BCUT2D eigenvalue weighted by atomic mass is 10.1.